The van der Waals surface area contributed by atoms with Gasteiger partial charge in [-0.2, -0.15) is 0 Å². The van der Waals surface area contributed by atoms with Gasteiger partial charge in [-0.15, -0.1) is 0 Å². The summed E-state index contributed by atoms with van der Waals surface area (Å²) in [6.45, 7) is 9.65. The second-order valence-corrected chi connectivity index (χ2v) is 5.50. The maximum Gasteiger partial charge on any atom is 0.257 e. The number of rotatable bonds is 6. The molecule has 0 spiro atoms. The fourth-order valence-corrected chi connectivity index (χ4v) is 1.97. The number of amides is 1. The molecule has 2 N–H and O–H groups in total. The Morgan fingerprint density at radius 2 is 2.16 bits per heavy atom. The van der Waals surface area contributed by atoms with Crippen LogP contribution in [0.5, 0.6) is 0 Å². The molecular weight excluding hydrogens is 244 g/mol. The Balaban J connectivity index is 2.98. The van der Waals surface area contributed by atoms with Crippen LogP contribution in [0.2, 0.25) is 0 Å². The predicted octanol–water partition coefficient (Wildman–Crippen LogP) is 2.39. The Morgan fingerprint density at radius 1 is 1.53 bits per heavy atom. The van der Waals surface area contributed by atoms with Gasteiger partial charge in [0.05, 0.1) is 5.69 Å². The zero-order valence-electron chi connectivity index (χ0n) is 12.4. The summed E-state index contributed by atoms with van der Waals surface area (Å²) in [5, 5.41) is 16.0. The van der Waals surface area contributed by atoms with Crippen LogP contribution in [0.25, 0.3) is 0 Å². The lowest BCUT2D eigenvalue weighted by Crippen LogP contribution is -2.46. The summed E-state index contributed by atoms with van der Waals surface area (Å²) in [4.78, 5) is 12.4. The number of aryl methyl sites for hydroxylation is 1. The van der Waals surface area contributed by atoms with Crippen LogP contribution < -0.4 is 5.32 Å². The molecule has 0 aliphatic carbocycles. The van der Waals surface area contributed by atoms with Crippen LogP contribution in [0.3, 0.4) is 0 Å². The third kappa shape index (κ3) is 3.56. The van der Waals surface area contributed by atoms with E-state index in [-0.39, 0.29) is 18.4 Å². The molecule has 1 unspecified atom stereocenters. The highest BCUT2D eigenvalue weighted by molar-refractivity contribution is 5.96. The fourth-order valence-electron chi connectivity index (χ4n) is 1.97. The van der Waals surface area contributed by atoms with E-state index in [0.29, 0.717) is 23.4 Å². The van der Waals surface area contributed by atoms with Crippen LogP contribution in [0, 0.1) is 6.92 Å². The first-order valence-electron chi connectivity index (χ1n) is 6.74. The summed E-state index contributed by atoms with van der Waals surface area (Å²) in [5.74, 6) is 0.533. The molecule has 0 aliphatic rings. The maximum atomic E-state index is 12.4. The highest BCUT2D eigenvalue weighted by Gasteiger charge is 2.29. The molecule has 0 aliphatic heterocycles. The van der Waals surface area contributed by atoms with Crippen LogP contribution in [-0.2, 0) is 0 Å². The standard InChI is InChI=1S/C14H24N2O3/c1-6-14(5,7-8-17)15-13(18)11-10(4)16-19-12(11)9(2)3/h9,17H,6-8H2,1-5H3,(H,15,18). The molecule has 5 nitrogen and oxygen atoms in total. The Hall–Kier alpha value is -1.36. The molecule has 5 heteroatoms. The number of aromatic nitrogens is 1. The second-order valence-electron chi connectivity index (χ2n) is 5.50. The molecule has 108 valence electrons. The summed E-state index contributed by atoms with van der Waals surface area (Å²) in [6, 6.07) is 0. The van der Waals surface area contributed by atoms with E-state index >= 15 is 0 Å². The third-order valence-electron chi connectivity index (χ3n) is 3.50. The summed E-state index contributed by atoms with van der Waals surface area (Å²) in [7, 11) is 0. The lowest BCUT2D eigenvalue weighted by Gasteiger charge is -2.29. The summed E-state index contributed by atoms with van der Waals surface area (Å²) in [6.07, 6.45) is 1.28. The van der Waals surface area contributed by atoms with Crippen molar-refractivity contribution < 1.29 is 14.4 Å². The van der Waals surface area contributed by atoms with Gasteiger partial charge < -0.3 is 14.9 Å². The molecule has 1 heterocycles. The van der Waals surface area contributed by atoms with Crippen molar-refractivity contribution in [3.8, 4) is 0 Å². The van der Waals surface area contributed by atoms with E-state index in [0.717, 1.165) is 6.42 Å². The van der Waals surface area contributed by atoms with Crippen molar-refractivity contribution in [2.24, 2.45) is 0 Å². The molecule has 1 amide bonds. The topological polar surface area (TPSA) is 75.4 Å². The quantitative estimate of drug-likeness (QED) is 0.830. The van der Waals surface area contributed by atoms with E-state index in [1.807, 2.05) is 27.7 Å². The number of hydrogen-bond donors (Lipinski definition) is 2. The molecule has 1 atom stereocenters. The first-order chi connectivity index (χ1) is 8.84. The Kier molecular flexibility index (Phi) is 5.11. The fraction of sp³-hybridized carbons (Fsp3) is 0.714. The smallest absolute Gasteiger partial charge is 0.257 e. The Morgan fingerprint density at radius 3 is 2.63 bits per heavy atom. The molecule has 0 saturated carbocycles. The van der Waals surface area contributed by atoms with Gasteiger partial charge in [0.25, 0.3) is 5.91 Å². The zero-order valence-corrected chi connectivity index (χ0v) is 12.4. The molecule has 1 rings (SSSR count). The molecule has 1 aromatic heterocycles. The summed E-state index contributed by atoms with van der Waals surface area (Å²) >= 11 is 0. The largest absolute Gasteiger partial charge is 0.396 e. The van der Waals surface area contributed by atoms with Gasteiger partial charge in [-0.3, -0.25) is 4.79 Å². The first kappa shape index (κ1) is 15.7. The minimum Gasteiger partial charge on any atom is -0.396 e. The van der Waals surface area contributed by atoms with Crippen LogP contribution in [-0.4, -0.2) is 28.3 Å². The average molecular weight is 268 g/mol. The van der Waals surface area contributed by atoms with Crippen LogP contribution in [0.4, 0.5) is 0 Å². The lowest BCUT2D eigenvalue weighted by molar-refractivity contribution is 0.0883. The van der Waals surface area contributed by atoms with Gasteiger partial charge in [0, 0.05) is 18.1 Å². The number of nitrogens with zero attached hydrogens (tertiary/aromatic N) is 1. The van der Waals surface area contributed by atoms with Crippen molar-refractivity contribution in [3.05, 3.63) is 17.0 Å². The van der Waals surface area contributed by atoms with E-state index in [2.05, 4.69) is 10.5 Å². The van der Waals surface area contributed by atoms with Crippen molar-refractivity contribution in [1.29, 1.82) is 0 Å². The Bertz CT molecular complexity index is 440. The molecule has 0 aromatic carbocycles. The SMILES string of the molecule is CCC(C)(CCO)NC(=O)c1c(C)noc1C(C)C. The molecule has 0 radical (unpaired) electrons. The maximum absolute atomic E-state index is 12.4. The highest BCUT2D eigenvalue weighted by Crippen LogP contribution is 2.23. The molecule has 1 aromatic rings. The summed E-state index contributed by atoms with van der Waals surface area (Å²) in [5.41, 5.74) is 0.709. The minimum atomic E-state index is -0.413. The third-order valence-corrected chi connectivity index (χ3v) is 3.50. The normalized spacial score (nSPS) is 14.5. The number of aliphatic hydroxyl groups excluding tert-OH is 1. The van der Waals surface area contributed by atoms with Gasteiger partial charge in [-0.1, -0.05) is 25.9 Å². The van der Waals surface area contributed by atoms with Crippen molar-refractivity contribution in [1.82, 2.24) is 10.5 Å². The van der Waals surface area contributed by atoms with E-state index in [1.165, 1.54) is 0 Å². The number of carbonyl (C=O) groups excluding carboxylic acids is 1. The highest BCUT2D eigenvalue weighted by atomic mass is 16.5. The average Bonchev–Trinajstić information content (AvgIpc) is 2.71. The van der Waals surface area contributed by atoms with Crippen molar-refractivity contribution in [2.75, 3.05) is 6.61 Å². The number of hydrogen-bond acceptors (Lipinski definition) is 4. The Labute approximate surface area is 114 Å². The number of nitrogens with one attached hydrogen (secondary N) is 1. The van der Waals surface area contributed by atoms with Gasteiger partial charge >= 0.3 is 0 Å². The monoisotopic (exact) mass is 268 g/mol. The second kappa shape index (κ2) is 6.19. The van der Waals surface area contributed by atoms with E-state index in [4.69, 9.17) is 9.63 Å². The summed E-state index contributed by atoms with van der Waals surface area (Å²) < 4.78 is 5.23. The lowest BCUT2D eigenvalue weighted by atomic mass is 9.94. The van der Waals surface area contributed by atoms with Crippen molar-refractivity contribution in [2.45, 2.75) is 58.9 Å². The van der Waals surface area contributed by atoms with E-state index < -0.39 is 5.54 Å². The predicted molar refractivity (Wildman–Crippen MR) is 73.2 cm³/mol. The molecule has 0 bridgehead atoms. The van der Waals surface area contributed by atoms with Crippen LogP contribution in [0.15, 0.2) is 4.52 Å². The molecular formula is C14H24N2O3. The van der Waals surface area contributed by atoms with Gasteiger partial charge in [-0.25, -0.2) is 0 Å². The van der Waals surface area contributed by atoms with Gasteiger partial charge in [0.15, 0.2) is 5.76 Å². The van der Waals surface area contributed by atoms with Crippen LogP contribution in [0.1, 0.15) is 68.3 Å². The zero-order chi connectivity index (χ0) is 14.6. The molecule has 0 fully saturated rings. The minimum absolute atomic E-state index is 0.0459. The first-order valence-corrected chi connectivity index (χ1v) is 6.74. The van der Waals surface area contributed by atoms with Crippen molar-refractivity contribution >= 4 is 5.91 Å². The van der Waals surface area contributed by atoms with E-state index in [9.17, 15) is 4.79 Å². The van der Waals surface area contributed by atoms with Gasteiger partial charge in [-0.05, 0) is 26.7 Å². The molecule has 19 heavy (non-hydrogen) atoms. The van der Waals surface area contributed by atoms with E-state index in [1.54, 1.807) is 6.92 Å². The number of aliphatic hydroxyl groups is 1. The number of carbonyl (C=O) groups is 1. The van der Waals surface area contributed by atoms with Crippen molar-refractivity contribution in [3.63, 3.8) is 0 Å². The van der Waals surface area contributed by atoms with Gasteiger partial charge in [0.2, 0.25) is 0 Å². The van der Waals surface area contributed by atoms with Gasteiger partial charge in [0.1, 0.15) is 5.56 Å². The molecule has 0 saturated heterocycles. The van der Waals surface area contributed by atoms with Crippen LogP contribution >= 0.6 is 0 Å².